The van der Waals surface area contributed by atoms with Gasteiger partial charge < -0.3 is 0 Å². The highest BCUT2D eigenvalue weighted by Crippen LogP contribution is 2.38. The fraction of sp³-hybridized carbons (Fsp3) is 0. The van der Waals surface area contributed by atoms with Crippen LogP contribution in [0.2, 0.25) is 15.1 Å². The van der Waals surface area contributed by atoms with Crippen LogP contribution in [0, 0.1) is 0 Å². The molecule has 0 aliphatic carbocycles. The van der Waals surface area contributed by atoms with Gasteiger partial charge in [0.1, 0.15) is 0 Å². The molecule has 116 valence electrons. The Labute approximate surface area is 158 Å². The molecule has 0 radical (unpaired) electrons. The third-order valence-electron chi connectivity index (χ3n) is 3.13. The second kappa shape index (κ2) is 6.83. The summed E-state index contributed by atoms with van der Waals surface area (Å²) in [6, 6.07) is 12.3. The summed E-state index contributed by atoms with van der Waals surface area (Å²) in [5.41, 5.74) is 1.31. The third-order valence-corrected chi connectivity index (χ3v) is 5.50. The van der Waals surface area contributed by atoms with Gasteiger partial charge in [-0.1, -0.05) is 77.0 Å². The Hall–Kier alpha value is -1.04. The molecule has 0 unspecified atom stereocenters. The van der Waals surface area contributed by atoms with E-state index in [2.05, 4.69) is 0 Å². The van der Waals surface area contributed by atoms with Crippen LogP contribution in [0.25, 0.3) is 6.08 Å². The Kier molecular flexibility index (Phi) is 4.99. The van der Waals surface area contributed by atoms with Crippen LogP contribution in [0.1, 0.15) is 5.56 Å². The van der Waals surface area contributed by atoms with Crippen LogP contribution < -0.4 is 4.90 Å². The van der Waals surface area contributed by atoms with Gasteiger partial charge in [0, 0.05) is 5.02 Å². The molecule has 2 aromatic rings. The number of carbonyl (C=O) groups excluding carboxylic acids is 1. The fourth-order valence-corrected chi connectivity index (χ4v) is 3.92. The van der Waals surface area contributed by atoms with E-state index in [0.717, 1.165) is 0 Å². The first-order chi connectivity index (χ1) is 11.0. The zero-order valence-electron chi connectivity index (χ0n) is 11.4. The summed E-state index contributed by atoms with van der Waals surface area (Å²) < 4.78 is 0.446. The second-order valence-electron chi connectivity index (χ2n) is 4.64. The Morgan fingerprint density at radius 3 is 2.57 bits per heavy atom. The molecule has 0 N–H and O–H groups in total. The SMILES string of the molecule is O=C1C(=Cc2cccc(Cl)c2Cl)SC(=S)N1c1cccc(Cl)c1. The van der Waals surface area contributed by atoms with E-state index in [9.17, 15) is 4.79 Å². The Bertz CT molecular complexity index is 851. The van der Waals surface area contributed by atoms with Gasteiger partial charge in [-0.2, -0.15) is 0 Å². The van der Waals surface area contributed by atoms with Gasteiger partial charge in [0.15, 0.2) is 4.32 Å². The van der Waals surface area contributed by atoms with E-state index < -0.39 is 0 Å². The minimum atomic E-state index is -0.210. The fourth-order valence-electron chi connectivity index (χ4n) is 2.08. The lowest BCUT2D eigenvalue weighted by molar-refractivity contribution is -0.113. The average molecular weight is 401 g/mol. The zero-order valence-corrected chi connectivity index (χ0v) is 15.3. The van der Waals surface area contributed by atoms with Crippen molar-refractivity contribution in [3.63, 3.8) is 0 Å². The first kappa shape index (κ1) is 16.8. The minimum absolute atomic E-state index is 0.210. The van der Waals surface area contributed by atoms with E-state index in [1.54, 1.807) is 48.5 Å². The van der Waals surface area contributed by atoms with Crippen LogP contribution in [0.15, 0.2) is 47.4 Å². The van der Waals surface area contributed by atoms with Gasteiger partial charge in [-0.15, -0.1) is 0 Å². The summed E-state index contributed by atoms with van der Waals surface area (Å²) in [7, 11) is 0. The number of thiocarbonyl (C=S) groups is 1. The molecule has 1 heterocycles. The predicted octanol–water partition coefficient (Wildman–Crippen LogP) is 6.05. The standard InChI is InChI=1S/C16H8Cl3NOS2/c17-10-4-2-5-11(8-10)20-15(21)13(23-16(20)22)7-9-3-1-6-12(18)14(9)19/h1-8H. The molecule has 1 aliphatic heterocycles. The normalized spacial score (nSPS) is 16.5. The maximum atomic E-state index is 12.7. The molecule has 1 aliphatic rings. The number of rotatable bonds is 2. The predicted molar refractivity (Wildman–Crippen MR) is 104 cm³/mol. The van der Waals surface area contributed by atoms with Gasteiger partial charge in [-0.3, -0.25) is 9.69 Å². The summed E-state index contributed by atoms with van der Waals surface area (Å²) in [6.07, 6.45) is 1.69. The van der Waals surface area contributed by atoms with Gasteiger partial charge in [0.2, 0.25) is 0 Å². The molecule has 7 heteroatoms. The molecule has 1 saturated heterocycles. The lowest BCUT2D eigenvalue weighted by Crippen LogP contribution is -2.27. The summed E-state index contributed by atoms with van der Waals surface area (Å²) in [4.78, 5) is 14.6. The molecule has 0 saturated carbocycles. The Morgan fingerprint density at radius 1 is 1.09 bits per heavy atom. The van der Waals surface area contributed by atoms with Crippen LogP contribution >= 0.6 is 58.8 Å². The number of halogens is 3. The van der Waals surface area contributed by atoms with Crippen molar-refractivity contribution < 1.29 is 4.79 Å². The smallest absolute Gasteiger partial charge is 0.268 e. The average Bonchev–Trinajstić information content (AvgIpc) is 2.78. The molecule has 1 amide bonds. The maximum absolute atomic E-state index is 12.7. The molecule has 23 heavy (non-hydrogen) atoms. The largest absolute Gasteiger partial charge is 0.270 e. The van der Waals surface area contributed by atoms with Crippen LogP contribution in [0.3, 0.4) is 0 Å². The monoisotopic (exact) mass is 399 g/mol. The maximum Gasteiger partial charge on any atom is 0.270 e. The molecule has 3 rings (SSSR count). The highest BCUT2D eigenvalue weighted by Gasteiger charge is 2.33. The number of anilines is 1. The first-order valence-corrected chi connectivity index (χ1v) is 8.81. The third kappa shape index (κ3) is 3.42. The molecular formula is C16H8Cl3NOS2. The first-order valence-electron chi connectivity index (χ1n) is 6.45. The molecule has 0 aromatic heterocycles. The second-order valence-corrected chi connectivity index (χ2v) is 7.54. The summed E-state index contributed by atoms with van der Waals surface area (Å²) in [6.45, 7) is 0. The molecule has 0 spiro atoms. The molecule has 1 fully saturated rings. The number of amides is 1. The highest BCUT2D eigenvalue weighted by atomic mass is 35.5. The topological polar surface area (TPSA) is 20.3 Å². The van der Waals surface area contributed by atoms with Crippen LogP contribution in [-0.4, -0.2) is 10.2 Å². The number of hydrogen-bond acceptors (Lipinski definition) is 3. The molecule has 2 aromatic carbocycles. The van der Waals surface area contributed by atoms with Crippen molar-refractivity contribution in [3.05, 3.63) is 68.0 Å². The molecule has 0 atom stereocenters. The van der Waals surface area contributed by atoms with E-state index in [0.29, 0.717) is 35.5 Å². The van der Waals surface area contributed by atoms with Gasteiger partial charge in [0.05, 0.1) is 20.6 Å². The van der Waals surface area contributed by atoms with E-state index in [1.807, 2.05) is 0 Å². The zero-order chi connectivity index (χ0) is 16.6. The number of benzene rings is 2. The lowest BCUT2D eigenvalue weighted by Gasteiger charge is -2.14. The summed E-state index contributed by atoms with van der Waals surface area (Å²) in [5, 5.41) is 1.38. The highest BCUT2D eigenvalue weighted by molar-refractivity contribution is 8.27. The lowest BCUT2D eigenvalue weighted by atomic mass is 10.2. The van der Waals surface area contributed by atoms with Gasteiger partial charge in [0.25, 0.3) is 5.91 Å². The quantitative estimate of drug-likeness (QED) is 0.452. The molecular weight excluding hydrogens is 393 g/mol. The van der Waals surface area contributed by atoms with Gasteiger partial charge in [-0.25, -0.2) is 0 Å². The van der Waals surface area contributed by atoms with Crippen molar-refractivity contribution in [2.75, 3.05) is 4.90 Å². The van der Waals surface area contributed by atoms with Crippen molar-refractivity contribution in [2.24, 2.45) is 0 Å². The number of carbonyl (C=O) groups is 1. The van der Waals surface area contributed by atoms with Gasteiger partial charge >= 0.3 is 0 Å². The summed E-state index contributed by atoms with van der Waals surface area (Å²) >= 11 is 24.7. The van der Waals surface area contributed by atoms with Crippen LogP contribution in [0.4, 0.5) is 5.69 Å². The number of hydrogen-bond donors (Lipinski definition) is 0. The van der Waals surface area contributed by atoms with Crippen molar-refractivity contribution >= 4 is 80.8 Å². The van der Waals surface area contributed by atoms with Crippen molar-refractivity contribution in [1.82, 2.24) is 0 Å². The molecule has 2 nitrogen and oxygen atoms in total. The van der Waals surface area contributed by atoms with Crippen molar-refractivity contribution in [1.29, 1.82) is 0 Å². The minimum Gasteiger partial charge on any atom is -0.268 e. The van der Waals surface area contributed by atoms with Crippen LogP contribution in [0.5, 0.6) is 0 Å². The van der Waals surface area contributed by atoms with E-state index in [1.165, 1.54) is 16.7 Å². The van der Waals surface area contributed by atoms with Crippen molar-refractivity contribution in [2.45, 2.75) is 0 Å². The number of thioether (sulfide) groups is 1. The van der Waals surface area contributed by atoms with Crippen molar-refractivity contribution in [3.8, 4) is 0 Å². The van der Waals surface area contributed by atoms with E-state index >= 15 is 0 Å². The van der Waals surface area contributed by atoms with Crippen LogP contribution in [-0.2, 0) is 4.79 Å². The summed E-state index contributed by atoms with van der Waals surface area (Å²) in [5.74, 6) is -0.210. The van der Waals surface area contributed by atoms with E-state index in [4.69, 9.17) is 47.0 Å². The molecule has 0 bridgehead atoms. The Morgan fingerprint density at radius 2 is 1.83 bits per heavy atom. The number of nitrogens with zero attached hydrogens (tertiary/aromatic N) is 1. The Balaban J connectivity index is 1.98. The van der Waals surface area contributed by atoms with Gasteiger partial charge in [-0.05, 0) is 35.9 Å². The van der Waals surface area contributed by atoms with E-state index in [-0.39, 0.29) is 5.91 Å².